The summed E-state index contributed by atoms with van der Waals surface area (Å²) in [5.41, 5.74) is 1.29. The second-order valence-electron chi connectivity index (χ2n) is 6.76. The molecule has 0 aromatic heterocycles. The summed E-state index contributed by atoms with van der Waals surface area (Å²) in [5, 5.41) is 2.60. The molecule has 0 saturated carbocycles. The molecule has 0 aliphatic rings. The average Bonchev–Trinajstić information content (AvgIpc) is 2.61. The fourth-order valence-corrected chi connectivity index (χ4v) is 4.26. The van der Waals surface area contributed by atoms with E-state index in [0.29, 0.717) is 18.0 Å². The topological polar surface area (TPSA) is 84.5 Å². The largest absolute Gasteiger partial charge is 0.495 e. The van der Waals surface area contributed by atoms with Gasteiger partial charge in [0.2, 0.25) is 15.9 Å². The molecule has 0 fully saturated rings. The van der Waals surface area contributed by atoms with Gasteiger partial charge in [-0.15, -0.1) is 0 Å². The van der Waals surface area contributed by atoms with Crippen LogP contribution in [-0.2, 0) is 14.8 Å². The summed E-state index contributed by atoms with van der Waals surface area (Å²) < 4.78 is 34.2. The molecule has 6 nitrogen and oxygen atoms in total. The molecular weight excluding hydrogens is 364 g/mol. The summed E-state index contributed by atoms with van der Waals surface area (Å²) in [6.07, 6.45) is 0.650. The summed E-state index contributed by atoms with van der Waals surface area (Å²) in [6, 6.07) is 13.6. The highest BCUT2D eigenvalue weighted by molar-refractivity contribution is 7.89. The molecule has 27 heavy (non-hydrogen) atoms. The number of amides is 1. The molecule has 0 aliphatic carbocycles. The van der Waals surface area contributed by atoms with E-state index >= 15 is 0 Å². The Bertz CT molecular complexity index is 880. The number of anilines is 1. The van der Waals surface area contributed by atoms with Crippen LogP contribution in [0.15, 0.2) is 53.4 Å². The van der Waals surface area contributed by atoms with Gasteiger partial charge in [-0.3, -0.25) is 4.79 Å². The lowest BCUT2D eigenvalue weighted by molar-refractivity contribution is -0.114. The van der Waals surface area contributed by atoms with Gasteiger partial charge in [0.05, 0.1) is 7.11 Å². The Kier molecular flexibility index (Phi) is 6.98. The van der Waals surface area contributed by atoms with Crippen LogP contribution in [-0.4, -0.2) is 21.4 Å². The van der Waals surface area contributed by atoms with Crippen molar-refractivity contribution in [3.8, 4) is 5.75 Å². The fourth-order valence-electron chi connectivity index (χ4n) is 2.83. The molecule has 0 saturated heterocycles. The van der Waals surface area contributed by atoms with E-state index in [1.54, 1.807) is 6.07 Å². The van der Waals surface area contributed by atoms with Crippen LogP contribution in [0.4, 0.5) is 5.69 Å². The van der Waals surface area contributed by atoms with E-state index in [2.05, 4.69) is 10.0 Å². The van der Waals surface area contributed by atoms with Crippen molar-refractivity contribution in [1.29, 1.82) is 0 Å². The average molecular weight is 391 g/mol. The Morgan fingerprint density at radius 2 is 1.78 bits per heavy atom. The van der Waals surface area contributed by atoms with Crippen LogP contribution in [0.3, 0.4) is 0 Å². The lowest BCUT2D eigenvalue weighted by Crippen LogP contribution is -2.30. The van der Waals surface area contributed by atoms with Crippen molar-refractivity contribution in [3.63, 3.8) is 0 Å². The zero-order valence-electron chi connectivity index (χ0n) is 16.0. The number of nitrogens with one attached hydrogen (secondary N) is 2. The number of hydrogen-bond donors (Lipinski definition) is 2. The van der Waals surface area contributed by atoms with Gasteiger partial charge in [-0.05, 0) is 36.1 Å². The monoisotopic (exact) mass is 390 g/mol. The smallest absolute Gasteiger partial charge is 0.244 e. The van der Waals surface area contributed by atoms with Crippen LogP contribution in [0.5, 0.6) is 5.75 Å². The molecule has 2 rings (SSSR count). The van der Waals surface area contributed by atoms with Crippen molar-refractivity contribution in [1.82, 2.24) is 4.72 Å². The van der Waals surface area contributed by atoms with Gasteiger partial charge >= 0.3 is 0 Å². The van der Waals surface area contributed by atoms with Gasteiger partial charge in [-0.1, -0.05) is 44.2 Å². The van der Waals surface area contributed by atoms with Crippen molar-refractivity contribution in [3.05, 3.63) is 54.1 Å². The molecule has 0 aliphatic heterocycles. The normalized spacial score (nSPS) is 12.6. The Labute approximate surface area is 161 Å². The number of hydrogen-bond acceptors (Lipinski definition) is 4. The standard InChI is InChI=1S/C20H26N2O4S/c1-14(2)12-18(16-8-6-5-7-9-16)22-27(24,25)20-13-17(21-15(3)23)10-11-19(20)26-4/h5-11,13-14,18,22H,12H2,1-4H3,(H,21,23). The van der Waals surface area contributed by atoms with Gasteiger partial charge in [0.25, 0.3) is 0 Å². The van der Waals surface area contributed by atoms with E-state index in [1.807, 2.05) is 44.2 Å². The number of carbonyl (C=O) groups is 1. The van der Waals surface area contributed by atoms with Crippen LogP contribution in [0.2, 0.25) is 0 Å². The Hall–Kier alpha value is -2.38. The second-order valence-corrected chi connectivity index (χ2v) is 8.44. The van der Waals surface area contributed by atoms with Crippen LogP contribution >= 0.6 is 0 Å². The highest BCUT2D eigenvalue weighted by atomic mass is 32.2. The van der Waals surface area contributed by atoms with E-state index < -0.39 is 10.0 Å². The minimum absolute atomic E-state index is 0.0130. The molecule has 1 unspecified atom stereocenters. The van der Waals surface area contributed by atoms with Crippen molar-refractivity contribution in [2.75, 3.05) is 12.4 Å². The van der Waals surface area contributed by atoms with Crippen LogP contribution < -0.4 is 14.8 Å². The minimum atomic E-state index is -3.88. The summed E-state index contributed by atoms with van der Waals surface area (Å²) >= 11 is 0. The van der Waals surface area contributed by atoms with E-state index in [-0.39, 0.29) is 22.6 Å². The molecule has 2 aromatic rings. The van der Waals surface area contributed by atoms with E-state index in [1.165, 1.54) is 26.2 Å². The van der Waals surface area contributed by atoms with Gasteiger partial charge < -0.3 is 10.1 Å². The van der Waals surface area contributed by atoms with Gasteiger partial charge in [0.1, 0.15) is 10.6 Å². The number of ether oxygens (including phenoxy) is 1. The maximum Gasteiger partial charge on any atom is 0.244 e. The number of methoxy groups -OCH3 is 1. The Morgan fingerprint density at radius 3 is 2.33 bits per heavy atom. The zero-order valence-corrected chi connectivity index (χ0v) is 16.8. The third-order valence-electron chi connectivity index (χ3n) is 3.98. The van der Waals surface area contributed by atoms with Gasteiger partial charge in [-0.25, -0.2) is 13.1 Å². The highest BCUT2D eigenvalue weighted by Gasteiger charge is 2.25. The quantitative estimate of drug-likeness (QED) is 0.719. The lowest BCUT2D eigenvalue weighted by atomic mass is 9.98. The first-order chi connectivity index (χ1) is 12.7. The van der Waals surface area contributed by atoms with Crippen molar-refractivity contribution < 1.29 is 17.9 Å². The number of sulfonamides is 1. The maximum absolute atomic E-state index is 13.1. The van der Waals surface area contributed by atoms with Crippen molar-refractivity contribution >= 4 is 21.6 Å². The molecule has 0 spiro atoms. The van der Waals surface area contributed by atoms with Crippen molar-refractivity contribution in [2.45, 2.75) is 38.1 Å². The van der Waals surface area contributed by atoms with Crippen LogP contribution in [0, 0.1) is 5.92 Å². The Balaban J connectivity index is 2.41. The predicted molar refractivity (Wildman–Crippen MR) is 106 cm³/mol. The molecular formula is C20H26N2O4S. The summed E-state index contributed by atoms with van der Waals surface area (Å²) in [4.78, 5) is 11.3. The first-order valence-corrected chi connectivity index (χ1v) is 10.2. The second kappa shape index (κ2) is 9.01. The molecule has 2 aromatic carbocycles. The van der Waals surface area contributed by atoms with Crippen molar-refractivity contribution in [2.24, 2.45) is 5.92 Å². The molecule has 146 valence electrons. The summed E-state index contributed by atoms with van der Waals surface area (Å²) in [5.74, 6) is 0.233. The number of benzene rings is 2. The highest BCUT2D eigenvalue weighted by Crippen LogP contribution is 2.30. The molecule has 0 radical (unpaired) electrons. The Morgan fingerprint density at radius 1 is 1.11 bits per heavy atom. The number of carbonyl (C=O) groups excluding carboxylic acids is 1. The third kappa shape index (κ3) is 5.80. The first-order valence-electron chi connectivity index (χ1n) is 8.76. The van der Waals surface area contributed by atoms with Gasteiger partial charge in [0, 0.05) is 18.7 Å². The zero-order chi connectivity index (χ0) is 20.0. The minimum Gasteiger partial charge on any atom is -0.495 e. The van der Waals surface area contributed by atoms with E-state index in [0.717, 1.165) is 5.56 Å². The number of rotatable bonds is 8. The molecule has 2 N–H and O–H groups in total. The third-order valence-corrected chi connectivity index (χ3v) is 5.47. The maximum atomic E-state index is 13.1. The van der Waals surface area contributed by atoms with Crippen LogP contribution in [0.1, 0.15) is 38.8 Å². The molecule has 1 amide bonds. The lowest BCUT2D eigenvalue weighted by Gasteiger charge is -2.22. The fraction of sp³-hybridized carbons (Fsp3) is 0.350. The van der Waals surface area contributed by atoms with E-state index in [9.17, 15) is 13.2 Å². The molecule has 7 heteroatoms. The predicted octanol–water partition coefficient (Wildman–Crippen LogP) is 3.72. The summed E-state index contributed by atoms with van der Waals surface area (Å²) in [6.45, 7) is 5.45. The molecule has 0 bridgehead atoms. The SMILES string of the molecule is COc1ccc(NC(C)=O)cc1S(=O)(=O)NC(CC(C)C)c1ccccc1. The van der Waals surface area contributed by atoms with Crippen LogP contribution in [0.25, 0.3) is 0 Å². The molecule has 0 heterocycles. The first kappa shape index (κ1) is 20.9. The summed E-state index contributed by atoms with van der Waals surface area (Å²) in [7, 11) is -2.47. The van der Waals surface area contributed by atoms with Gasteiger partial charge in [0.15, 0.2) is 0 Å². The van der Waals surface area contributed by atoms with E-state index in [4.69, 9.17) is 4.74 Å². The molecule has 1 atom stereocenters. The van der Waals surface area contributed by atoms with Gasteiger partial charge in [-0.2, -0.15) is 0 Å².